The maximum atomic E-state index is 14.2. The summed E-state index contributed by atoms with van der Waals surface area (Å²) in [5.74, 6) is -2.03. The van der Waals surface area contributed by atoms with Crippen LogP contribution in [0.1, 0.15) is 21.6 Å². The van der Waals surface area contributed by atoms with Crippen molar-refractivity contribution in [3.63, 3.8) is 0 Å². The molecule has 5 atom stereocenters. The molecule has 2 heterocycles. The van der Waals surface area contributed by atoms with Gasteiger partial charge in [-0.25, -0.2) is 4.39 Å². The Labute approximate surface area is 195 Å². The van der Waals surface area contributed by atoms with Gasteiger partial charge in [0, 0.05) is 34.4 Å². The first kappa shape index (κ1) is 24.0. The molecule has 0 amide bonds. The summed E-state index contributed by atoms with van der Waals surface area (Å²) < 4.78 is 25.5. The Morgan fingerprint density at radius 2 is 1.82 bits per heavy atom. The third-order valence-corrected chi connectivity index (χ3v) is 7.29. The van der Waals surface area contributed by atoms with Crippen molar-refractivity contribution in [3.8, 4) is 10.4 Å². The Bertz CT molecular complexity index is 1120. The first-order valence-corrected chi connectivity index (χ1v) is 11.4. The third kappa shape index (κ3) is 4.36. The average molecular weight is 475 g/mol. The Balaban J connectivity index is 1.66. The van der Waals surface area contributed by atoms with Crippen LogP contribution >= 0.6 is 11.3 Å². The van der Waals surface area contributed by atoms with Crippen LogP contribution in [0.4, 0.5) is 4.39 Å². The molecule has 4 rings (SSSR count). The monoisotopic (exact) mass is 474 g/mol. The molecule has 1 aromatic heterocycles. The van der Waals surface area contributed by atoms with Crippen molar-refractivity contribution in [1.82, 2.24) is 0 Å². The van der Waals surface area contributed by atoms with E-state index < -0.39 is 36.8 Å². The van der Waals surface area contributed by atoms with E-state index in [1.807, 2.05) is 31.2 Å². The van der Waals surface area contributed by atoms with E-state index >= 15 is 0 Å². The van der Waals surface area contributed by atoms with Crippen LogP contribution in [0.25, 0.3) is 10.4 Å². The van der Waals surface area contributed by atoms with Crippen molar-refractivity contribution in [3.05, 3.63) is 82.0 Å². The lowest BCUT2D eigenvalue weighted by atomic mass is 9.86. The van der Waals surface area contributed by atoms with Crippen molar-refractivity contribution < 1.29 is 34.3 Å². The number of thiophene rings is 1. The predicted molar refractivity (Wildman–Crippen MR) is 122 cm³/mol. The lowest BCUT2D eigenvalue weighted by Crippen LogP contribution is -2.64. The molecule has 2 aromatic carbocycles. The molecular weight excluding hydrogens is 447 g/mol. The molecule has 33 heavy (non-hydrogen) atoms. The lowest BCUT2D eigenvalue weighted by Gasteiger charge is -2.47. The summed E-state index contributed by atoms with van der Waals surface area (Å²) in [4.78, 5) is 1.85. The van der Waals surface area contributed by atoms with Crippen LogP contribution in [-0.2, 0) is 21.7 Å². The number of aliphatic hydroxyl groups excluding tert-OH is 4. The van der Waals surface area contributed by atoms with Crippen LogP contribution in [0.15, 0.2) is 54.6 Å². The van der Waals surface area contributed by atoms with Gasteiger partial charge in [-0.2, -0.15) is 0 Å². The van der Waals surface area contributed by atoms with Gasteiger partial charge in [0.25, 0.3) is 0 Å². The molecule has 3 aromatic rings. The van der Waals surface area contributed by atoms with E-state index in [2.05, 4.69) is 0 Å². The molecule has 0 bridgehead atoms. The molecule has 0 spiro atoms. The molecule has 4 N–H and O–H groups in total. The molecule has 0 aliphatic carbocycles. The Morgan fingerprint density at radius 3 is 2.52 bits per heavy atom. The zero-order valence-corrected chi connectivity index (χ0v) is 19.1. The van der Waals surface area contributed by atoms with Crippen LogP contribution in [0, 0.1) is 12.7 Å². The van der Waals surface area contributed by atoms with Crippen LogP contribution < -0.4 is 0 Å². The zero-order chi connectivity index (χ0) is 23.8. The van der Waals surface area contributed by atoms with E-state index in [4.69, 9.17) is 9.47 Å². The van der Waals surface area contributed by atoms with E-state index in [0.717, 1.165) is 20.9 Å². The minimum atomic E-state index is -1.76. The van der Waals surface area contributed by atoms with Crippen LogP contribution in [0.2, 0.25) is 0 Å². The van der Waals surface area contributed by atoms with Crippen molar-refractivity contribution in [2.75, 3.05) is 13.7 Å². The summed E-state index contributed by atoms with van der Waals surface area (Å²) in [7, 11) is 1.33. The molecule has 1 fully saturated rings. The summed E-state index contributed by atoms with van der Waals surface area (Å²) in [6, 6.07) is 15.9. The topological polar surface area (TPSA) is 99.4 Å². The normalized spacial score (nSPS) is 27.6. The minimum Gasteiger partial charge on any atom is -0.394 e. The molecule has 1 aliphatic heterocycles. The standard InChI is InChI=1S/C25H27FO6S/c1-14-7-8-16(25(31-2)24(30)23(29)22(28)20(13-27)32-25)11-15(14)12-17-9-10-21(33-17)18-5-3-4-6-19(18)26/h3-11,20,22-24,27-30H,12-13H2,1-2H3. The van der Waals surface area contributed by atoms with Crippen LogP contribution in [0.5, 0.6) is 0 Å². The van der Waals surface area contributed by atoms with Crippen molar-refractivity contribution in [1.29, 1.82) is 0 Å². The van der Waals surface area contributed by atoms with E-state index in [1.54, 1.807) is 24.3 Å². The van der Waals surface area contributed by atoms with Gasteiger partial charge in [-0.05, 0) is 42.3 Å². The molecule has 0 radical (unpaired) electrons. The number of methoxy groups -OCH3 is 1. The number of hydrogen-bond acceptors (Lipinski definition) is 7. The number of benzene rings is 2. The first-order chi connectivity index (χ1) is 15.8. The zero-order valence-electron chi connectivity index (χ0n) is 18.3. The van der Waals surface area contributed by atoms with E-state index in [-0.39, 0.29) is 5.82 Å². The van der Waals surface area contributed by atoms with Gasteiger partial charge in [-0.15, -0.1) is 11.3 Å². The SMILES string of the molecule is COC1(c2ccc(C)c(Cc3ccc(-c4ccccc4F)s3)c2)OC(CO)C(O)C(O)C1O. The summed E-state index contributed by atoms with van der Waals surface area (Å²) in [6.45, 7) is 1.40. The van der Waals surface area contributed by atoms with Crippen molar-refractivity contribution in [2.45, 2.75) is 43.5 Å². The first-order valence-electron chi connectivity index (χ1n) is 10.6. The molecule has 1 aliphatic rings. The van der Waals surface area contributed by atoms with E-state index in [1.165, 1.54) is 24.5 Å². The molecule has 1 saturated heterocycles. The van der Waals surface area contributed by atoms with Gasteiger partial charge in [0.15, 0.2) is 0 Å². The van der Waals surface area contributed by atoms with Gasteiger partial charge in [-0.3, -0.25) is 0 Å². The number of aliphatic hydroxyl groups is 4. The largest absolute Gasteiger partial charge is 0.394 e. The van der Waals surface area contributed by atoms with Crippen LogP contribution in [-0.4, -0.2) is 58.6 Å². The van der Waals surface area contributed by atoms with Gasteiger partial charge in [0.2, 0.25) is 5.79 Å². The molecule has 176 valence electrons. The fraction of sp³-hybridized carbons (Fsp3) is 0.360. The summed E-state index contributed by atoms with van der Waals surface area (Å²) in [6.07, 6.45) is -5.18. The quantitative estimate of drug-likeness (QED) is 0.439. The van der Waals surface area contributed by atoms with Crippen molar-refractivity contribution >= 4 is 11.3 Å². The Morgan fingerprint density at radius 1 is 1.06 bits per heavy atom. The molecule has 0 saturated carbocycles. The van der Waals surface area contributed by atoms with Gasteiger partial charge >= 0.3 is 0 Å². The number of aryl methyl sites for hydroxylation is 1. The Hall–Kier alpha value is -2.17. The average Bonchev–Trinajstić information content (AvgIpc) is 3.28. The molecule has 8 heteroatoms. The third-order valence-electron chi connectivity index (χ3n) is 6.17. The lowest BCUT2D eigenvalue weighted by molar-refractivity contribution is -0.366. The van der Waals surface area contributed by atoms with Gasteiger partial charge in [0.1, 0.15) is 30.2 Å². The van der Waals surface area contributed by atoms with Gasteiger partial charge in [0.05, 0.1) is 6.61 Å². The maximum absolute atomic E-state index is 14.2. The van der Waals surface area contributed by atoms with Gasteiger partial charge < -0.3 is 29.9 Å². The minimum absolute atomic E-state index is 0.270. The summed E-state index contributed by atoms with van der Waals surface area (Å²) in [5.41, 5.74) is 2.94. The van der Waals surface area contributed by atoms with Gasteiger partial charge in [-0.1, -0.05) is 30.3 Å². The maximum Gasteiger partial charge on any atom is 0.224 e. The number of halogens is 1. The van der Waals surface area contributed by atoms with E-state index in [9.17, 15) is 24.8 Å². The van der Waals surface area contributed by atoms with Crippen LogP contribution in [0.3, 0.4) is 0 Å². The van der Waals surface area contributed by atoms with Crippen molar-refractivity contribution in [2.24, 2.45) is 0 Å². The number of ether oxygens (including phenoxy) is 2. The second kappa shape index (κ2) is 9.60. The highest BCUT2D eigenvalue weighted by Crippen LogP contribution is 2.40. The highest BCUT2D eigenvalue weighted by atomic mass is 32.1. The highest BCUT2D eigenvalue weighted by molar-refractivity contribution is 7.15. The fourth-order valence-corrected chi connectivity index (χ4v) is 5.27. The smallest absolute Gasteiger partial charge is 0.224 e. The highest BCUT2D eigenvalue weighted by Gasteiger charge is 2.55. The Kier molecular flexibility index (Phi) is 6.97. The van der Waals surface area contributed by atoms with E-state index in [0.29, 0.717) is 17.5 Å². The summed E-state index contributed by atoms with van der Waals surface area (Å²) >= 11 is 1.50. The number of rotatable bonds is 6. The molecular formula is C25H27FO6S. The second-order valence-electron chi connectivity index (χ2n) is 8.20. The fourth-order valence-electron chi connectivity index (χ4n) is 4.21. The predicted octanol–water partition coefficient (Wildman–Crippen LogP) is 2.73. The summed E-state index contributed by atoms with van der Waals surface area (Å²) in [5, 5.41) is 40.8. The molecule has 6 nitrogen and oxygen atoms in total. The molecule has 5 unspecified atom stereocenters. The number of hydrogen-bond donors (Lipinski definition) is 4. The second-order valence-corrected chi connectivity index (χ2v) is 9.37.